The second-order valence-corrected chi connectivity index (χ2v) is 6.59. The van der Waals surface area contributed by atoms with E-state index in [2.05, 4.69) is 34.3 Å². The summed E-state index contributed by atoms with van der Waals surface area (Å²) in [4.78, 5) is 16.8. The van der Waals surface area contributed by atoms with Crippen molar-refractivity contribution >= 4 is 17.4 Å². The highest BCUT2D eigenvalue weighted by atomic mass is 16.1. The molecule has 2 aromatic heterocycles. The molecule has 0 fully saturated rings. The molecule has 0 unspecified atom stereocenters. The summed E-state index contributed by atoms with van der Waals surface area (Å²) >= 11 is 0. The number of benzene rings is 2. The first-order valence-corrected chi connectivity index (χ1v) is 8.80. The first kappa shape index (κ1) is 16.9. The van der Waals surface area contributed by atoms with Crippen LogP contribution < -0.4 is 5.32 Å². The summed E-state index contributed by atoms with van der Waals surface area (Å²) < 4.78 is 1.81. The molecule has 0 aliphatic carbocycles. The first-order valence-electron chi connectivity index (χ1n) is 8.80. The Morgan fingerprint density at radius 3 is 2.56 bits per heavy atom. The Kier molecular flexibility index (Phi) is 4.38. The van der Waals surface area contributed by atoms with Crippen molar-refractivity contribution in [3.05, 3.63) is 78.1 Å². The van der Waals surface area contributed by atoms with Crippen molar-refractivity contribution in [1.29, 1.82) is 0 Å². The van der Waals surface area contributed by atoms with Crippen LogP contribution in [0.1, 0.15) is 35.7 Å². The van der Waals surface area contributed by atoms with Crippen molar-refractivity contribution in [2.75, 3.05) is 5.32 Å². The number of fused-ring (bicyclic) bond motifs is 1. The molecule has 0 aliphatic heterocycles. The van der Waals surface area contributed by atoms with Gasteiger partial charge in [0.1, 0.15) is 0 Å². The average molecular weight is 357 g/mol. The fourth-order valence-corrected chi connectivity index (χ4v) is 3.02. The molecular weight excluding hydrogens is 338 g/mol. The normalized spacial score (nSPS) is 11.1. The second kappa shape index (κ2) is 6.99. The van der Waals surface area contributed by atoms with E-state index in [4.69, 9.17) is 0 Å². The molecule has 0 spiro atoms. The van der Waals surface area contributed by atoms with Crippen LogP contribution in [0.2, 0.25) is 0 Å². The first-order chi connectivity index (χ1) is 13.1. The lowest BCUT2D eigenvalue weighted by Crippen LogP contribution is -2.13. The number of para-hydroxylation sites is 1. The molecule has 1 amide bonds. The number of hydrogen-bond donors (Lipinski definition) is 1. The number of amides is 1. The van der Waals surface area contributed by atoms with Crippen LogP contribution in [0, 0.1) is 0 Å². The van der Waals surface area contributed by atoms with Crippen molar-refractivity contribution in [2.24, 2.45) is 0 Å². The Bertz CT molecular complexity index is 1100. The number of nitrogens with zero attached hydrogens (tertiary/aromatic N) is 4. The van der Waals surface area contributed by atoms with Crippen molar-refractivity contribution in [3.8, 4) is 11.4 Å². The highest BCUT2D eigenvalue weighted by Gasteiger charge is 2.12. The van der Waals surface area contributed by atoms with Crippen LogP contribution in [0.25, 0.3) is 17.2 Å². The maximum absolute atomic E-state index is 12.6. The van der Waals surface area contributed by atoms with Crippen molar-refractivity contribution in [2.45, 2.75) is 19.8 Å². The van der Waals surface area contributed by atoms with Crippen LogP contribution in [0.15, 0.2) is 67.0 Å². The number of rotatable bonds is 4. The summed E-state index contributed by atoms with van der Waals surface area (Å²) in [6.07, 6.45) is 3.54. The number of aromatic nitrogens is 4. The monoisotopic (exact) mass is 357 g/mol. The molecule has 134 valence electrons. The van der Waals surface area contributed by atoms with E-state index in [-0.39, 0.29) is 5.91 Å². The molecule has 0 saturated heterocycles. The van der Waals surface area contributed by atoms with E-state index in [0.717, 1.165) is 16.8 Å². The molecule has 0 atom stereocenters. The fourth-order valence-electron chi connectivity index (χ4n) is 3.02. The Morgan fingerprint density at radius 2 is 1.78 bits per heavy atom. The minimum atomic E-state index is -0.137. The van der Waals surface area contributed by atoms with Crippen molar-refractivity contribution in [1.82, 2.24) is 19.6 Å². The maximum atomic E-state index is 12.6. The van der Waals surface area contributed by atoms with Gasteiger partial charge in [0.05, 0.1) is 0 Å². The summed E-state index contributed by atoms with van der Waals surface area (Å²) in [6.45, 7) is 4.22. The Balaban J connectivity index is 1.58. The average Bonchev–Trinajstić information content (AvgIpc) is 3.12. The third-order valence-electron chi connectivity index (χ3n) is 4.43. The van der Waals surface area contributed by atoms with E-state index in [1.54, 1.807) is 18.3 Å². The topological polar surface area (TPSA) is 72.2 Å². The van der Waals surface area contributed by atoms with Gasteiger partial charge in [-0.1, -0.05) is 44.2 Å². The summed E-state index contributed by atoms with van der Waals surface area (Å²) in [5, 5.41) is 11.3. The van der Waals surface area contributed by atoms with Crippen LogP contribution >= 0.6 is 0 Å². The van der Waals surface area contributed by atoms with Crippen LogP contribution in [-0.2, 0) is 0 Å². The summed E-state index contributed by atoms with van der Waals surface area (Å²) in [5.74, 6) is 1.43. The Morgan fingerprint density at radius 1 is 1.00 bits per heavy atom. The molecule has 2 heterocycles. The van der Waals surface area contributed by atoms with Gasteiger partial charge < -0.3 is 5.32 Å². The van der Waals surface area contributed by atoms with Gasteiger partial charge in [0.2, 0.25) is 0 Å². The highest BCUT2D eigenvalue weighted by molar-refractivity contribution is 6.04. The molecule has 0 saturated carbocycles. The summed E-state index contributed by atoms with van der Waals surface area (Å²) in [7, 11) is 0. The largest absolute Gasteiger partial charge is 0.322 e. The quantitative estimate of drug-likeness (QED) is 0.595. The third-order valence-corrected chi connectivity index (χ3v) is 4.43. The molecule has 27 heavy (non-hydrogen) atoms. The van der Waals surface area contributed by atoms with Crippen LogP contribution in [-0.4, -0.2) is 25.5 Å². The van der Waals surface area contributed by atoms with Crippen molar-refractivity contribution in [3.63, 3.8) is 0 Å². The molecule has 6 nitrogen and oxygen atoms in total. The lowest BCUT2D eigenvalue weighted by Gasteiger charge is -2.13. The molecule has 2 aromatic carbocycles. The minimum Gasteiger partial charge on any atom is -0.322 e. The van der Waals surface area contributed by atoms with Crippen LogP contribution in [0.4, 0.5) is 5.69 Å². The van der Waals surface area contributed by atoms with Gasteiger partial charge in [-0.3, -0.25) is 9.20 Å². The molecule has 4 aromatic rings. The smallest absolute Gasteiger partial charge is 0.255 e. The lowest BCUT2D eigenvalue weighted by molar-refractivity contribution is 0.102. The minimum absolute atomic E-state index is 0.137. The zero-order chi connectivity index (χ0) is 18.8. The van der Waals surface area contributed by atoms with Crippen molar-refractivity contribution < 1.29 is 4.79 Å². The van der Waals surface area contributed by atoms with Gasteiger partial charge in [0.15, 0.2) is 5.82 Å². The molecule has 0 aliphatic rings. The molecule has 0 bridgehead atoms. The van der Waals surface area contributed by atoms with Gasteiger partial charge in [0, 0.05) is 29.2 Å². The SMILES string of the molecule is CC(C)c1ccccc1NC(=O)c1ccc(-c2nnc3ncccn23)cc1. The van der Waals surface area contributed by atoms with Gasteiger partial charge in [-0.2, -0.15) is 0 Å². The van der Waals surface area contributed by atoms with Gasteiger partial charge in [-0.05, 0) is 35.7 Å². The number of hydrogen-bond acceptors (Lipinski definition) is 4. The summed E-state index contributed by atoms with van der Waals surface area (Å²) in [5.41, 5.74) is 3.42. The van der Waals surface area contributed by atoms with Gasteiger partial charge >= 0.3 is 0 Å². The molecule has 4 rings (SSSR count). The second-order valence-electron chi connectivity index (χ2n) is 6.59. The fraction of sp³-hybridized carbons (Fsp3) is 0.143. The van der Waals surface area contributed by atoms with E-state index in [0.29, 0.717) is 23.1 Å². The predicted octanol–water partition coefficient (Wildman–Crippen LogP) is 4.17. The standard InChI is InChI=1S/C21H19N5O/c1-14(2)17-6-3-4-7-18(17)23-20(27)16-10-8-15(9-11-16)19-24-25-21-22-12-5-13-26(19)21/h3-14H,1-2H3,(H,23,27). The van der Waals surface area contributed by atoms with Crippen LogP contribution in [0.5, 0.6) is 0 Å². The summed E-state index contributed by atoms with van der Waals surface area (Å²) in [6, 6.07) is 17.0. The van der Waals surface area contributed by atoms with Crippen LogP contribution in [0.3, 0.4) is 0 Å². The predicted molar refractivity (Wildman–Crippen MR) is 105 cm³/mol. The molecule has 1 N–H and O–H groups in total. The lowest BCUT2D eigenvalue weighted by atomic mass is 10.0. The third kappa shape index (κ3) is 3.29. The number of carbonyl (C=O) groups excluding carboxylic acids is 1. The number of nitrogens with one attached hydrogen (secondary N) is 1. The maximum Gasteiger partial charge on any atom is 0.255 e. The van der Waals surface area contributed by atoms with E-state index in [9.17, 15) is 4.79 Å². The zero-order valence-corrected chi connectivity index (χ0v) is 15.1. The number of carbonyl (C=O) groups is 1. The van der Waals surface area contributed by atoms with Gasteiger partial charge in [-0.15, -0.1) is 10.2 Å². The van der Waals surface area contributed by atoms with Gasteiger partial charge in [0.25, 0.3) is 11.7 Å². The zero-order valence-electron chi connectivity index (χ0n) is 15.1. The molecule has 6 heteroatoms. The molecule has 0 radical (unpaired) electrons. The van der Waals surface area contributed by atoms with E-state index in [1.807, 2.05) is 53.1 Å². The molecular formula is C21H19N5O. The van der Waals surface area contributed by atoms with Gasteiger partial charge in [-0.25, -0.2) is 4.98 Å². The number of anilines is 1. The Hall–Kier alpha value is -3.54. The Labute approximate surface area is 156 Å². The van der Waals surface area contributed by atoms with E-state index < -0.39 is 0 Å². The van der Waals surface area contributed by atoms with E-state index >= 15 is 0 Å². The highest BCUT2D eigenvalue weighted by Crippen LogP contribution is 2.24. The van der Waals surface area contributed by atoms with E-state index in [1.165, 1.54) is 0 Å².